The summed E-state index contributed by atoms with van der Waals surface area (Å²) in [4.78, 5) is 25.5. The van der Waals surface area contributed by atoms with Crippen molar-refractivity contribution in [1.82, 2.24) is 20.2 Å². The second-order valence-corrected chi connectivity index (χ2v) is 10.2. The molecule has 2 aliphatic heterocycles. The highest BCUT2D eigenvalue weighted by Gasteiger charge is 2.34. The monoisotopic (exact) mass is 526 g/mol. The van der Waals surface area contributed by atoms with Gasteiger partial charge in [-0.05, 0) is 57.5 Å². The molecule has 2 aliphatic rings. The second-order valence-electron chi connectivity index (χ2n) is 8.95. The average molecular weight is 528 g/mol. The molecular formula is C23H29Cl3N6O2. The van der Waals surface area contributed by atoms with Crippen LogP contribution in [0.2, 0.25) is 15.1 Å². The molecule has 4 rings (SSSR count). The third-order valence-corrected chi connectivity index (χ3v) is 7.37. The van der Waals surface area contributed by atoms with Gasteiger partial charge in [-0.15, -0.1) is 0 Å². The second kappa shape index (κ2) is 10.8. The fraction of sp³-hybridized carbons (Fsp3) is 0.522. The zero-order chi connectivity index (χ0) is 24.4. The summed E-state index contributed by atoms with van der Waals surface area (Å²) >= 11 is 18.7. The number of halogens is 3. The van der Waals surface area contributed by atoms with Gasteiger partial charge in [-0.2, -0.15) is 4.98 Å². The number of carbonyl (C=O) groups is 1. The van der Waals surface area contributed by atoms with Gasteiger partial charge in [-0.25, -0.2) is 4.98 Å². The first-order chi connectivity index (χ1) is 16.2. The molecule has 0 bridgehead atoms. The van der Waals surface area contributed by atoms with Crippen molar-refractivity contribution >= 4 is 52.5 Å². The molecule has 0 aliphatic carbocycles. The summed E-state index contributed by atoms with van der Waals surface area (Å²) in [6, 6.07) is 4.74. The molecule has 2 fully saturated rings. The first-order valence-corrected chi connectivity index (χ1v) is 12.5. The van der Waals surface area contributed by atoms with Crippen LogP contribution in [0.3, 0.4) is 0 Å². The van der Waals surface area contributed by atoms with Crippen LogP contribution in [0.25, 0.3) is 0 Å². The Labute approximate surface area is 214 Å². The quantitative estimate of drug-likeness (QED) is 0.527. The average Bonchev–Trinajstić information content (AvgIpc) is 3.22. The number of carbonyl (C=O) groups excluding carboxylic acids is 1. The summed E-state index contributed by atoms with van der Waals surface area (Å²) in [5, 5.41) is 18.6. The number of hydrogen-bond acceptors (Lipinski definition) is 7. The van der Waals surface area contributed by atoms with Crippen LogP contribution in [-0.2, 0) is 4.79 Å². The molecular weight excluding hydrogens is 499 g/mol. The van der Waals surface area contributed by atoms with Crippen LogP contribution in [0.5, 0.6) is 0 Å². The van der Waals surface area contributed by atoms with Crippen LogP contribution < -0.4 is 15.5 Å². The van der Waals surface area contributed by atoms with Crippen molar-refractivity contribution < 1.29 is 9.90 Å². The van der Waals surface area contributed by atoms with Gasteiger partial charge in [-0.1, -0.05) is 40.9 Å². The van der Waals surface area contributed by atoms with Gasteiger partial charge in [0, 0.05) is 23.1 Å². The van der Waals surface area contributed by atoms with E-state index in [4.69, 9.17) is 34.8 Å². The van der Waals surface area contributed by atoms with Crippen LogP contribution >= 0.6 is 34.8 Å². The summed E-state index contributed by atoms with van der Waals surface area (Å²) < 4.78 is 0. The lowest BCUT2D eigenvalue weighted by atomic mass is 10.0. The van der Waals surface area contributed by atoms with E-state index in [-0.39, 0.29) is 24.0 Å². The number of anilines is 2. The van der Waals surface area contributed by atoms with Crippen LogP contribution in [-0.4, -0.2) is 70.8 Å². The van der Waals surface area contributed by atoms with E-state index in [2.05, 4.69) is 25.5 Å². The summed E-state index contributed by atoms with van der Waals surface area (Å²) in [6.45, 7) is 3.78. The van der Waals surface area contributed by atoms with Gasteiger partial charge in [0.2, 0.25) is 11.9 Å². The van der Waals surface area contributed by atoms with Gasteiger partial charge in [0.15, 0.2) is 5.82 Å². The molecule has 2 saturated heterocycles. The third kappa shape index (κ3) is 5.69. The van der Waals surface area contributed by atoms with Crippen LogP contribution in [0.4, 0.5) is 11.8 Å². The van der Waals surface area contributed by atoms with E-state index >= 15 is 0 Å². The molecule has 0 spiro atoms. The maximum absolute atomic E-state index is 12.6. The summed E-state index contributed by atoms with van der Waals surface area (Å²) in [6.07, 6.45) is 3.27. The summed E-state index contributed by atoms with van der Waals surface area (Å²) in [5.41, 5.74) is 0.863. The van der Waals surface area contributed by atoms with E-state index < -0.39 is 6.10 Å². The number of nitrogens with zero attached hydrogens (tertiary/aromatic N) is 4. The first-order valence-electron chi connectivity index (χ1n) is 11.4. The smallest absolute Gasteiger partial charge is 0.237 e. The topological polar surface area (TPSA) is 93.6 Å². The molecule has 1 aromatic carbocycles. The van der Waals surface area contributed by atoms with Crippen molar-refractivity contribution in [1.29, 1.82) is 0 Å². The summed E-state index contributed by atoms with van der Waals surface area (Å²) in [5.74, 6) is 0.918. The number of likely N-dealkylation sites (N-methyl/N-ethyl adjacent to an activating group) is 1. The molecule has 0 saturated carbocycles. The molecule has 1 aromatic heterocycles. The number of β-amino-alcohol motifs (C(OH)–C–C–N with tert-alkyl or cyclic N) is 1. The number of piperidine rings is 1. The van der Waals surface area contributed by atoms with Crippen LogP contribution in [0.1, 0.15) is 37.8 Å². The maximum Gasteiger partial charge on any atom is 0.237 e. The Morgan fingerprint density at radius 1 is 1.21 bits per heavy atom. The number of aromatic nitrogens is 2. The predicted octanol–water partition coefficient (Wildman–Crippen LogP) is 3.76. The van der Waals surface area contributed by atoms with Crippen LogP contribution in [0, 0.1) is 0 Å². The van der Waals surface area contributed by atoms with Crippen molar-refractivity contribution in [3.8, 4) is 0 Å². The Bertz CT molecular complexity index is 1040. The van der Waals surface area contributed by atoms with Crippen LogP contribution in [0.15, 0.2) is 24.4 Å². The molecule has 1 amide bonds. The maximum atomic E-state index is 12.6. The highest BCUT2D eigenvalue weighted by molar-refractivity contribution is 6.35. The Balaban J connectivity index is 1.40. The summed E-state index contributed by atoms with van der Waals surface area (Å²) in [7, 11) is 1.96. The minimum absolute atomic E-state index is 0.0124. The molecule has 0 radical (unpaired) electrons. The normalized spacial score (nSPS) is 24.2. The Morgan fingerprint density at radius 3 is 2.68 bits per heavy atom. The van der Waals surface area contributed by atoms with E-state index in [1.54, 1.807) is 18.3 Å². The fourth-order valence-corrected chi connectivity index (χ4v) is 5.27. The minimum Gasteiger partial charge on any atom is -0.389 e. The van der Waals surface area contributed by atoms with Gasteiger partial charge < -0.3 is 20.6 Å². The van der Waals surface area contributed by atoms with Crippen molar-refractivity contribution in [2.45, 2.75) is 50.4 Å². The van der Waals surface area contributed by atoms with Crippen molar-refractivity contribution in [3.63, 3.8) is 0 Å². The Morgan fingerprint density at radius 2 is 2.00 bits per heavy atom. The fourth-order valence-electron chi connectivity index (χ4n) is 4.55. The van der Waals surface area contributed by atoms with Crippen molar-refractivity contribution in [3.05, 3.63) is 45.0 Å². The first kappa shape index (κ1) is 25.3. The molecule has 4 atom stereocenters. The molecule has 11 heteroatoms. The van der Waals surface area contributed by atoms with E-state index in [9.17, 15) is 9.90 Å². The van der Waals surface area contributed by atoms with Gasteiger partial charge in [0.25, 0.3) is 0 Å². The number of aliphatic hydroxyl groups is 1. The number of rotatable bonds is 6. The number of aliphatic hydroxyl groups excluding tert-OH is 1. The van der Waals surface area contributed by atoms with Gasteiger partial charge >= 0.3 is 0 Å². The zero-order valence-electron chi connectivity index (χ0n) is 19.1. The Kier molecular flexibility index (Phi) is 8.05. The lowest BCUT2D eigenvalue weighted by Gasteiger charge is -2.37. The largest absolute Gasteiger partial charge is 0.389 e. The number of likely N-dealkylation sites (tertiary alicyclic amines) is 1. The molecule has 2 aromatic rings. The van der Waals surface area contributed by atoms with E-state index in [1.165, 1.54) is 0 Å². The van der Waals surface area contributed by atoms with Gasteiger partial charge in [0.1, 0.15) is 5.02 Å². The lowest BCUT2D eigenvalue weighted by molar-refractivity contribution is -0.126. The highest BCUT2D eigenvalue weighted by atomic mass is 35.5. The number of amides is 1. The van der Waals surface area contributed by atoms with E-state index in [0.717, 1.165) is 24.9 Å². The predicted molar refractivity (Wildman–Crippen MR) is 136 cm³/mol. The molecule has 3 N–H and O–H groups in total. The molecule has 8 nitrogen and oxygen atoms in total. The highest BCUT2D eigenvalue weighted by Crippen LogP contribution is 2.31. The number of benzene rings is 1. The zero-order valence-corrected chi connectivity index (χ0v) is 21.4. The molecule has 0 unspecified atom stereocenters. The lowest BCUT2D eigenvalue weighted by Crippen LogP contribution is -2.57. The molecule has 3 heterocycles. The number of hydrogen-bond donors (Lipinski definition) is 3. The molecule has 34 heavy (non-hydrogen) atoms. The molecule has 184 valence electrons. The Hall–Kier alpha value is -1.84. The van der Waals surface area contributed by atoms with Gasteiger partial charge in [-0.3, -0.25) is 9.69 Å². The standard InChI is InChI=1S/C23H29Cl3N6O2/c1-13(15-6-5-14(24)10-16(15)25)28-21-17(26)11-27-23(30-21)32-9-7-18(20(33)12-32)29-22(34)19-4-3-8-31(19)2/h5-6,10-11,13,18-20,33H,3-4,7-9,12H2,1-2H3,(H,29,34)(H,27,28,30)/t13-,18+,19-,20+/m1/s1. The van der Waals surface area contributed by atoms with E-state index in [1.807, 2.05) is 24.9 Å². The van der Waals surface area contributed by atoms with Crippen molar-refractivity contribution in [2.75, 3.05) is 36.9 Å². The SMILES string of the molecule is C[C@@H](Nc1nc(N2CC[C@H](NC(=O)[C@H]3CCCN3C)[C@@H](O)C2)ncc1Cl)c1ccc(Cl)cc1Cl. The third-order valence-electron chi connectivity index (χ3n) is 6.53. The van der Waals surface area contributed by atoms with Crippen molar-refractivity contribution in [2.24, 2.45) is 0 Å². The van der Waals surface area contributed by atoms with E-state index in [0.29, 0.717) is 46.3 Å². The minimum atomic E-state index is -0.730. The number of nitrogens with one attached hydrogen (secondary N) is 2. The van der Waals surface area contributed by atoms with Gasteiger partial charge in [0.05, 0.1) is 30.4 Å².